The minimum Gasteiger partial charge on any atom is -0.465 e. The second-order valence-corrected chi connectivity index (χ2v) is 8.28. The highest BCUT2D eigenvalue weighted by Gasteiger charge is 2.25. The van der Waals surface area contributed by atoms with E-state index in [1.165, 1.54) is 14.2 Å². The molecule has 0 unspecified atom stereocenters. The summed E-state index contributed by atoms with van der Waals surface area (Å²) in [5, 5.41) is 1.31. The van der Waals surface area contributed by atoms with Gasteiger partial charge in [-0.3, -0.25) is 0 Å². The SMILES string of the molecule is CCP(=O)(c1ccc(C(=O)OC)cc1)c1ccc(C(=O)OC)cc1. The number of carbonyl (C=O) groups is 2. The molecule has 0 atom stereocenters. The number of hydrogen-bond acceptors (Lipinski definition) is 5. The molecule has 0 aliphatic carbocycles. The van der Waals surface area contributed by atoms with E-state index in [9.17, 15) is 14.2 Å². The third-order valence-electron chi connectivity index (χ3n) is 3.86. The van der Waals surface area contributed by atoms with E-state index < -0.39 is 19.1 Å². The van der Waals surface area contributed by atoms with Gasteiger partial charge in [-0.1, -0.05) is 31.2 Å². The Bertz CT molecular complexity index is 715. The lowest BCUT2D eigenvalue weighted by Gasteiger charge is -2.18. The molecule has 0 fully saturated rings. The van der Waals surface area contributed by atoms with Crippen LogP contribution in [0.5, 0.6) is 0 Å². The van der Waals surface area contributed by atoms with Crippen LogP contribution in [0.3, 0.4) is 0 Å². The molecule has 2 rings (SSSR count). The molecular weight excluding hydrogens is 327 g/mol. The van der Waals surface area contributed by atoms with E-state index in [-0.39, 0.29) is 0 Å². The van der Waals surface area contributed by atoms with Gasteiger partial charge in [-0.15, -0.1) is 0 Å². The first-order chi connectivity index (χ1) is 11.5. The number of esters is 2. The van der Waals surface area contributed by atoms with Crippen molar-refractivity contribution < 1.29 is 23.6 Å². The number of carbonyl (C=O) groups excluding carboxylic acids is 2. The fourth-order valence-corrected chi connectivity index (χ4v) is 4.72. The quantitative estimate of drug-likeness (QED) is 0.615. The van der Waals surface area contributed by atoms with E-state index in [0.717, 1.165) is 0 Å². The van der Waals surface area contributed by atoms with E-state index >= 15 is 0 Å². The highest BCUT2D eigenvalue weighted by molar-refractivity contribution is 7.78. The summed E-state index contributed by atoms with van der Waals surface area (Å²) in [6.45, 7) is 1.85. The van der Waals surface area contributed by atoms with Crippen LogP contribution in [0, 0.1) is 0 Å². The maximum absolute atomic E-state index is 13.5. The summed E-state index contributed by atoms with van der Waals surface area (Å²) in [6.07, 6.45) is 0.433. The zero-order valence-electron chi connectivity index (χ0n) is 13.8. The molecule has 0 N–H and O–H groups in total. The van der Waals surface area contributed by atoms with Crippen LogP contribution in [0.25, 0.3) is 0 Å². The standard InChI is InChI=1S/C18H19O5P/c1-4-24(21,15-9-5-13(6-10-15)17(19)22-2)16-11-7-14(8-12-16)18(20)23-3/h5-12H,4H2,1-3H3. The third-order valence-corrected chi connectivity index (χ3v) is 7.01. The second kappa shape index (κ2) is 7.45. The summed E-state index contributed by atoms with van der Waals surface area (Å²) in [4.78, 5) is 23.0. The van der Waals surface area contributed by atoms with Gasteiger partial charge in [0.25, 0.3) is 0 Å². The average molecular weight is 346 g/mol. The topological polar surface area (TPSA) is 69.7 Å². The summed E-state index contributed by atoms with van der Waals surface area (Å²) in [5.41, 5.74) is 0.815. The normalized spacial score (nSPS) is 11.0. The van der Waals surface area contributed by atoms with E-state index in [4.69, 9.17) is 0 Å². The van der Waals surface area contributed by atoms with Gasteiger partial charge in [-0.25, -0.2) is 9.59 Å². The molecule has 6 heteroatoms. The Balaban J connectivity index is 2.39. The molecule has 0 radical (unpaired) electrons. The van der Waals surface area contributed by atoms with Crippen LogP contribution < -0.4 is 10.6 Å². The Morgan fingerprint density at radius 1 is 0.792 bits per heavy atom. The smallest absolute Gasteiger partial charge is 0.337 e. The fourth-order valence-electron chi connectivity index (χ4n) is 2.43. The minimum atomic E-state index is -2.83. The zero-order valence-corrected chi connectivity index (χ0v) is 14.7. The molecule has 0 aliphatic heterocycles. The van der Waals surface area contributed by atoms with Gasteiger partial charge < -0.3 is 14.0 Å². The van der Waals surface area contributed by atoms with Crippen molar-refractivity contribution >= 4 is 29.7 Å². The monoisotopic (exact) mass is 346 g/mol. The average Bonchev–Trinajstić information content (AvgIpc) is 2.66. The first-order valence-electron chi connectivity index (χ1n) is 7.43. The van der Waals surface area contributed by atoms with E-state index in [0.29, 0.717) is 27.9 Å². The van der Waals surface area contributed by atoms with Crippen LogP contribution in [-0.4, -0.2) is 32.3 Å². The zero-order chi connectivity index (χ0) is 17.7. The first kappa shape index (κ1) is 18.0. The molecule has 0 amide bonds. The molecule has 0 aliphatic rings. The van der Waals surface area contributed by atoms with Crippen molar-refractivity contribution in [1.29, 1.82) is 0 Å². The number of benzene rings is 2. The largest absolute Gasteiger partial charge is 0.465 e. The van der Waals surface area contributed by atoms with Crippen molar-refractivity contribution in [2.75, 3.05) is 20.4 Å². The van der Waals surface area contributed by atoms with Crippen molar-refractivity contribution in [3.05, 3.63) is 59.7 Å². The van der Waals surface area contributed by atoms with Gasteiger partial charge in [-0.05, 0) is 24.3 Å². The molecule has 0 bridgehead atoms. The Hall–Kier alpha value is -2.39. The van der Waals surface area contributed by atoms with Crippen LogP contribution in [0.15, 0.2) is 48.5 Å². The number of rotatable bonds is 5. The van der Waals surface area contributed by atoms with Crippen molar-refractivity contribution in [2.24, 2.45) is 0 Å². The molecule has 0 saturated carbocycles. The molecule has 0 spiro atoms. The van der Waals surface area contributed by atoms with Crippen molar-refractivity contribution in [3.63, 3.8) is 0 Å². The van der Waals surface area contributed by atoms with Crippen LogP contribution in [0.4, 0.5) is 0 Å². The summed E-state index contributed by atoms with van der Waals surface area (Å²) >= 11 is 0. The Kier molecular flexibility index (Phi) is 5.58. The van der Waals surface area contributed by atoms with Gasteiger partial charge in [0.1, 0.15) is 7.14 Å². The fraction of sp³-hybridized carbons (Fsp3) is 0.222. The highest BCUT2D eigenvalue weighted by atomic mass is 31.2. The highest BCUT2D eigenvalue weighted by Crippen LogP contribution is 2.42. The van der Waals surface area contributed by atoms with Crippen LogP contribution in [-0.2, 0) is 14.0 Å². The number of hydrogen-bond donors (Lipinski definition) is 0. The van der Waals surface area contributed by atoms with Crippen molar-refractivity contribution in [1.82, 2.24) is 0 Å². The molecule has 2 aromatic rings. The van der Waals surface area contributed by atoms with Gasteiger partial charge in [0.2, 0.25) is 0 Å². The maximum Gasteiger partial charge on any atom is 0.337 e. The number of ether oxygens (including phenoxy) is 2. The molecule has 24 heavy (non-hydrogen) atoms. The van der Waals surface area contributed by atoms with Crippen LogP contribution >= 0.6 is 7.14 Å². The van der Waals surface area contributed by atoms with Crippen molar-refractivity contribution in [2.45, 2.75) is 6.92 Å². The summed E-state index contributed by atoms with van der Waals surface area (Å²) in [6, 6.07) is 13.2. The molecule has 0 aromatic heterocycles. The lowest BCUT2D eigenvalue weighted by Crippen LogP contribution is -2.18. The lowest BCUT2D eigenvalue weighted by molar-refractivity contribution is 0.0592. The molecule has 0 heterocycles. The van der Waals surface area contributed by atoms with Gasteiger partial charge >= 0.3 is 11.9 Å². The predicted molar refractivity (Wildman–Crippen MR) is 93.0 cm³/mol. The minimum absolute atomic E-state index is 0.407. The predicted octanol–water partition coefficient (Wildman–Crippen LogP) is 2.59. The molecule has 126 valence electrons. The van der Waals surface area contributed by atoms with Gasteiger partial charge in [0.05, 0.1) is 25.3 Å². The first-order valence-corrected chi connectivity index (χ1v) is 9.32. The second-order valence-electron chi connectivity index (χ2n) is 5.13. The van der Waals surface area contributed by atoms with Crippen molar-refractivity contribution in [3.8, 4) is 0 Å². The van der Waals surface area contributed by atoms with Crippen LogP contribution in [0.2, 0.25) is 0 Å². The maximum atomic E-state index is 13.5. The molecule has 5 nitrogen and oxygen atoms in total. The third kappa shape index (κ3) is 3.41. The van der Waals surface area contributed by atoms with Gasteiger partial charge in [0.15, 0.2) is 0 Å². The molecule has 0 saturated heterocycles. The number of methoxy groups -OCH3 is 2. The Morgan fingerprint density at radius 2 is 1.12 bits per heavy atom. The van der Waals surface area contributed by atoms with Crippen LogP contribution in [0.1, 0.15) is 27.6 Å². The van der Waals surface area contributed by atoms with Gasteiger partial charge in [0, 0.05) is 16.8 Å². The lowest BCUT2D eigenvalue weighted by atomic mass is 10.2. The van der Waals surface area contributed by atoms with E-state index in [2.05, 4.69) is 9.47 Å². The van der Waals surface area contributed by atoms with E-state index in [1.807, 2.05) is 6.92 Å². The molecular formula is C18H19O5P. The Labute approximate surface area is 141 Å². The molecule has 2 aromatic carbocycles. The van der Waals surface area contributed by atoms with E-state index in [1.54, 1.807) is 48.5 Å². The Morgan fingerprint density at radius 3 is 1.38 bits per heavy atom. The summed E-state index contributed by atoms with van der Waals surface area (Å²) in [7, 11) is -0.195. The van der Waals surface area contributed by atoms with Gasteiger partial charge in [-0.2, -0.15) is 0 Å². The summed E-state index contributed by atoms with van der Waals surface area (Å²) < 4.78 is 22.8. The summed E-state index contributed by atoms with van der Waals surface area (Å²) in [5.74, 6) is -0.870.